The van der Waals surface area contributed by atoms with Crippen molar-refractivity contribution in [3.8, 4) is 0 Å². The molecule has 0 spiro atoms. The Morgan fingerprint density at radius 1 is 1.22 bits per heavy atom. The first-order valence-electron chi connectivity index (χ1n) is 6.60. The largest absolute Gasteiger partial charge is 0.383 e. The Morgan fingerprint density at radius 2 is 1.89 bits per heavy atom. The van der Waals surface area contributed by atoms with Crippen molar-refractivity contribution in [1.29, 1.82) is 0 Å². The van der Waals surface area contributed by atoms with Crippen molar-refractivity contribution in [2.45, 2.75) is 32.9 Å². The van der Waals surface area contributed by atoms with Crippen LogP contribution in [0.1, 0.15) is 20.8 Å². The van der Waals surface area contributed by atoms with Crippen LogP contribution in [0.25, 0.3) is 0 Å². The van der Waals surface area contributed by atoms with Crippen LogP contribution in [0.4, 0.5) is 4.79 Å². The van der Waals surface area contributed by atoms with E-state index >= 15 is 0 Å². The zero-order valence-corrected chi connectivity index (χ0v) is 12.2. The van der Waals surface area contributed by atoms with Crippen LogP contribution in [0.15, 0.2) is 0 Å². The third-order valence-corrected chi connectivity index (χ3v) is 3.59. The minimum absolute atomic E-state index is 0.0522. The zero-order valence-electron chi connectivity index (χ0n) is 12.2. The number of carbonyl (C=O) groups excluding carboxylic acids is 1. The van der Waals surface area contributed by atoms with Crippen LogP contribution in [0.2, 0.25) is 0 Å². The van der Waals surface area contributed by atoms with Gasteiger partial charge in [0.1, 0.15) is 0 Å². The fraction of sp³-hybridized carbons (Fsp3) is 0.923. The Morgan fingerprint density at radius 3 is 2.39 bits per heavy atom. The zero-order chi connectivity index (χ0) is 13.7. The molecule has 2 unspecified atom stereocenters. The lowest BCUT2D eigenvalue weighted by Gasteiger charge is -2.34. The molecular formula is C13H26N2O3. The smallest absolute Gasteiger partial charge is 0.320 e. The van der Waals surface area contributed by atoms with Gasteiger partial charge in [-0.25, -0.2) is 4.79 Å². The van der Waals surface area contributed by atoms with Crippen molar-refractivity contribution in [2.75, 3.05) is 40.5 Å². The van der Waals surface area contributed by atoms with Crippen molar-refractivity contribution in [3.63, 3.8) is 0 Å². The van der Waals surface area contributed by atoms with E-state index in [1.807, 2.05) is 16.7 Å². The van der Waals surface area contributed by atoms with Crippen molar-refractivity contribution >= 4 is 6.03 Å². The van der Waals surface area contributed by atoms with Crippen molar-refractivity contribution in [3.05, 3.63) is 0 Å². The Kier molecular flexibility index (Phi) is 5.88. The molecular weight excluding hydrogens is 232 g/mol. The summed E-state index contributed by atoms with van der Waals surface area (Å²) >= 11 is 0. The molecule has 5 nitrogen and oxygen atoms in total. The molecule has 0 aromatic rings. The van der Waals surface area contributed by atoms with Gasteiger partial charge in [-0.1, -0.05) is 13.8 Å². The van der Waals surface area contributed by atoms with Gasteiger partial charge >= 0.3 is 6.03 Å². The summed E-state index contributed by atoms with van der Waals surface area (Å²) in [5, 5.41) is 0. The summed E-state index contributed by atoms with van der Waals surface area (Å²) in [6.45, 7) is 9.09. The van der Waals surface area contributed by atoms with Crippen LogP contribution in [0.5, 0.6) is 0 Å². The van der Waals surface area contributed by atoms with Crippen LogP contribution >= 0.6 is 0 Å². The standard InChI is InChI=1S/C13H26N2O3/c1-10(2)12(11(3)18-5)15-7-6-14(13(15)16)8-9-17-4/h10-12H,6-9H2,1-5H3. The highest BCUT2D eigenvalue weighted by Gasteiger charge is 2.37. The van der Waals surface area contributed by atoms with Gasteiger partial charge in [-0.2, -0.15) is 0 Å². The van der Waals surface area contributed by atoms with Gasteiger partial charge in [0, 0.05) is 33.9 Å². The molecule has 1 aliphatic rings. The minimum atomic E-state index is 0.0522. The molecule has 0 aromatic carbocycles. The molecule has 2 amide bonds. The molecule has 0 N–H and O–H groups in total. The molecule has 0 aromatic heterocycles. The number of rotatable bonds is 7. The lowest BCUT2D eigenvalue weighted by atomic mass is 9.98. The van der Waals surface area contributed by atoms with Crippen LogP contribution in [0, 0.1) is 5.92 Å². The van der Waals surface area contributed by atoms with Crippen molar-refractivity contribution in [2.24, 2.45) is 5.92 Å². The maximum atomic E-state index is 12.3. The SMILES string of the molecule is COCCN1CCN(C(C(C)C)C(C)OC)C1=O. The third kappa shape index (κ3) is 3.36. The molecule has 1 heterocycles. The summed E-state index contributed by atoms with van der Waals surface area (Å²) in [5.74, 6) is 0.381. The van der Waals surface area contributed by atoms with Crippen molar-refractivity contribution in [1.82, 2.24) is 9.80 Å². The number of urea groups is 1. The van der Waals surface area contributed by atoms with Crippen LogP contribution in [-0.2, 0) is 9.47 Å². The molecule has 1 rings (SSSR count). The Balaban J connectivity index is 2.68. The van der Waals surface area contributed by atoms with E-state index in [0.717, 1.165) is 13.1 Å². The lowest BCUT2D eigenvalue weighted by Crippen LogP contribution is -2.48. The minimum Gasteiger partial charge on any atom is -0.383 e. The van der Waals surface area contributed by atoms with E-state index in [1.54, 1.807) is 14.2 Å². The number of methoxy groups -OCH3 is 2. The fourth-order valence-electron chi connectivity index (χ4n) is 2.58. The number of amides is 2. The summed E-state index contributed by atoms with van der Waals surface area (Å²) < 4.78 is 10.4. The molecule has 18 heavy (non-hydrogen) atoms. The Hall–Kier alpha value is -0.810. The highest BCUT2D eigenvalue weighted by molar-refractivity contribution is 5.77. The van der Waals surface area contributed by atoms with Gasteiger partial charge in [0.2, 0.25) is 0 Å². The van der Waals surface area contributed by atoms with Gasteiger partial charge in [-0.05, 0) is 12.8 Å². The predicted octanol–water partition coefficient (Wildman–Crippen LogP) is 1.43. The summed E-state index contributed by atoms with van der Waals surface area (Å²) in [6, 6.07) is 0.240. The average molecular weight is 258 g/mol. The number of ether oxygens (including phenoxy) is 2. The molecule has 0 aliphatic carbocycles. The number of hydrogen-bond donors (Lipinski definition) is 0. The summed E-state index contributed by atoms with van der Waals surface area (Å²) in [5.41, 5.74) is 0. The summed E-state index contributed by atoms with van der Waals surface area (Å²) in [6.07, 6.45) is 0.0522. The summed E-state index contributed by atoms with van der Waals surface area (Å²) in [4.78, 5) is 16.1. The van der Waals surface area contributed by atoms with Gasteiger partial charge in [0.25, 0.3) is 0 Å². The molecule has 0 radical (unpaired) electrons. The molecule has 106 valence electrons. The highest BCUT2D eigenvalue weighted by Crippen LogP contribution is 2.21. The second-order valence-electron chi connectivity index (χ2n) is 5.13. The van der Waals surface area contributed by atoms with Gasteiger partial charge in [-0.3, -0.25) is 0 Å². The third-order valence-electron chi connectivity index (χ3n) is 3.59. The predicted molar refractivity (Wildman–Crippen MR) is 70.6 cm³/mol. The normalized spacial score (nSPS) is 19.8. The van der Waals surface area contributed by atoms with Crippen molar-refractivity contribution < 1.29 is 14.3 Å². The average Bonchev–Trinajstić information content (AvgIpc) is 2.68. The van der Waals surface area contributed by atoms with E-state index in [-0.39, 0.29) is 18.2 Å². The quantitative estimate of drug-likeness (QED) is 0.694. The fourth-order valence-corrected chi connectivity index (χ4v) is 2.58. The second kappa shape index (κ2) is 6.95. The maximum Gasteiger partial charge on any atom is 0.320 e. The Bertz CT molecular complexity index is 271. The monoisotopic (exact) mass is 258 g/mol. The molecule has 5 heteroatoms. The van der Waals surface area contributed by atoms with Crippen LogP contribution < -0.4 is 0 Å². The molecule has 1 aliphatic heterocycles. The molecule has 0 saturated carbocycles. The van der Waals surface area contributed by atoms with E-state index in [4.69, 9.17) is 9.47 Å². The van der Waals surface area contributed by atoms with Gasteiger partial charge < -0.3 is 19.3 Å². The van der Waals surface area contributed by atoms with E-state index in [2.05, 4.69) is 13.8 Å². The van der Waals surface area contributed by atoms with E-state index in [1.165, 1.54) is 0 Å². The van der Waals surface area contributed by atoms with Gasteiger partial charge in [0.15, 0.2) is 0 Å². The van der Waals surface area contributed by atoms with E-state index in [9.17, 15) is 4.79 Å². The molecule has 0 bridgehead atoms. The van der Waals surface area contributed by atoms with Gasteiger partial charge in [-0.15, -0.1) is 0 Å². The number of nitrogens with zero attached hydrogens (tertiary/aromatic N) is 2. The van der Waals surface area contributed by atoms with Crippen LogP contribution in [0.3, 0.4) is 0 Å². The van der Waals surface area contributed by atoms with Gasteiger partial charge in [0.05, 0.1) is 18.8 Å². The molecule has 1 saturated heterocycles. The first kappa shape index (κ1) is 15.2. The molecule has 1 fully saturated rings. The number of carbonyl (C=O) groups is 1. The first-order valence-corrected chi connectivity index (χ1v) is 6.60. The topological polar surface area (TPSA) is 42.0 Å². The van der Waals surface area contributed by atoms with E-state index in [0.29, 0.717) is 19.1 Å². The summed E-state index contributed by atoms with van der Waals surface area (Å²) in [7, 11) is 3.35. The van der Waals surface area contributed by atoms with Crippen LogP contribution in [-0.4, -0.2) is 68.4 Å². The molecule has 2 atom stereocenters. The maximum absolute atomic E-state index is 12.3. The van der Waals surface area contributed by atoms with E-state index < -0.39 is 0 Å². The first-order chi connectivity index (χ1) is 8.52. The second-order valence-corrected chi connectivity index (χ2v) is 5.13. The number of hydrogen-bond acceptors (Lipinski definition) is 3. The highest BCUT2D eigenvalue weighted by atomic mass is 16.5. The lowest BCUT2D eigenvalue weighted by molar-refractivity contribution is 0.0260. The Labute approximate surface area is 110 Å².